The third-order valence-electron chi connectivity index (χ3n) is 2.98. The molecule has 0 aliphatic carbocycles. The Balaban J connectivity index is 2.01. The number of nitrogens with zero attached hydrogens (tertiary/aromatic N) is 1. The fraction of sp³-hybridized carbons (Fsp3) is 0.125. The largest absolute Gasteiger partial charge is 0.477 e. The van der Waals surface area contributed by atoms with Gasteiger partial charge in [-0.1, -0.05) is 12.1 Å². The molecule has 0 bridgehead atoms. The number of para-hydroxylation sites is 2. The molecule has 0 radical (unpaired) electrons. The van der Waals surface area contributed by atoms with Crippen LogP contribution in [0.25, 0.3) is 0 Å². The Kier molecular flexibility index (Phi) is 5.62. The van der Waals surface area contributed by atoms with E-state index >= 15 is 0 Å². The summed E-state index contributed by atoms with van der Waals surface area (Å²) < 4.78 is 18.7. The molecule has 2 N–H and O–H groups in total. The highest BCUT2D eigenvalue weighted by Gasteiger charge is 2.15. The first-order valence-corrected chi connectivity index (χ1v) is 7.10. The van der Waals surface area contributed by atoms with Gasteiger partial charge < -0.3 is 15.4 Å². The molecule has 2 rings (SSSR count). The number of nitrogens with one attached hydrogen (secondary N) is 2. The van der Waals surface area contributed by atoms with Crippen LogP contribution in [-0.2, 0) is 9.59 Å². The quantitative estimate of drug-likeness (QED) is 0.616. The van der Waals surface area contributed by atoms with Gasteiger partial charge in [0.05, 0.1) is 10.6 Å². The van der Waals surface area contributed by atoms with E-state index in [1.165, 1.54) is 37.3 Å². The van der Waals surface area contributed by atoms with Crippen LogP contribution in [-0.4, -0.2) is 23.3 Å². The number of amides is 2. The highest BCUT2D eigenvalue weighted by atomic mass is 19.1. The molecule has 0 aliphatic heterocycles. The summed E-state index contributed by atoms with van der Waals surface area (Å²) in [5.41, 5.74) is -0.101. The molecule has 9 heteroatoms. The van der Waals surface area contributed by atoms with Crippen LogP contribution in [0.3, 0.4) is 0 Å². The Hall–Kier alpha value is -3.49. The van der Waals surface area contributed by atoms with Crippen molar-refractivity contribution in [1.82, 2.24) is 0 Å². The van der Waals surface area contributed by atoms with E-state index in [1.54, 1.807) is 6.07 Å². The lowest BCUT2D eigenvalue weighted by Crippen LogP contribution is -2.20. The highest BCUT2D eigenvalue weighted by Crippen LogP contribution is 2.25. The van der Waals surface area contributed by atoms with Crippen molar-refractivity contribution in [1.29, 1.82) is 0 Å². The van der Waals surface area contributed by atoms with E-state index in [-0.39, 0.29) is 22.8 Å². The molecule has 0 heterocycles. The molecule has 2 aromatic carbocycles. The van der Waals surface area contributed by atoms with Crippen LogP contribution in [0.4, 0.5) is 21.5 Å². The van der Waals surface area contributed by atoms with Gasteiger partial charge in [0.25, 0.3) is 5.91 Å². The molecule has 0 spiro atoms. The normalized spacial score (nSPS) is 10.0. The average molecular weight is 347 g/mol. The monoisotopic (exact) mass is 347 g/mol. The van der Waals surface area contributed by atoms with Crippen LogP contribution >= 0.6 is 0 Å². The number of carbonyl (C=O) groups is 2. The molecule has 25 heavy (non-hydrogen) atoms. The van der Waals surface area contributed by atoms with Crippen LogP contribution in [0.15, 0.2) is 42.5 Å². The topological polar surface area (TPSA) is 111 Å². The van der Waals surface area contributed by atoms with Crippen molar-refractivity contribution < 1.29 is 23.6 Å². The van der Waals surface area contributed by atoms with Gasteiger partial charge in [-0.25, -0.2) is 4.39 Å². The summed E-state index contributed by atoms with van der Waals surface area (Å²) in [5.74, 6) is -1.74. The SMILES string of the molecule is CC(=O)Nc1cc(NC(=O)COc2ccccc2[N+](=O)[O-])ccc1F. The molecule has 8 nitrogen and oxygen atoms in total. The summed E-state index contributed by atoms with van der Waals surface area (Å²) >= 11 is 0. The van der Waals surface area contributed by atoms with Crippen LogP contribution in [0.5, 0.6) is 5.75 Å². The van der Waals surface area contributed by atoms with Gasteiger partial charge in [-0.05, 0) is 24.3 Å². The van der Waals surface area contributed by atoms with E-state index in [1.807, 2.05) is 0 Å². The zero-order chi connectivity index (χ0) is 18.4. The highest BCUT2D eigenvalue weighted by molar-refractivity contribution is 5.94. The van der Waals surface area contributed by atoms with Gasteiger partial charge in [-0.15, -0.1) is 0 Å². The van der Waals surface area contributed by atoms with E-state index in [0.717, 1.165) is 6.07 Å². The van der Waals surface area contributed by atoms with Gasteiger partial charge in [-0.3, -0.25) is 19.7 Å². The van der Waals surface area contributed by atoms with Gasteiger partial charge in [0, 0.05) is 18.7 Å². The predicted molar refractivity (Wildman–Crippen MR) is 87.9 cm³/mol. The number of hydrogen-bond acceptors (Lipinski definition) is 5. The summed E-state index contributed by atoms with van der Waals surface area (Å²) in [4.78, 5) is 33.2. The molecule has 0 aromatic heterocycles. The first-order valence-electron chi connectivity index (χ1n) is 7.10. The summed E-state index contributed by atoms with van der Waals surface area (Å²) in [5, 5.41) is 15.6. The van der Waals surface area contributed by atoms with Crippen LogP contribution in [0.2, 0.25) is 0 Å². The Bertz CT molecular complexity index is 825. The first kappa shape index (κ1) is 17.9. The van der Waals surface area contributed by atoms with Crippen molar-refractivity contribution in [3.8, 4) is 5.75 Å². The lowest BCUT2D eigenvalue weighted by atomic mass is 10.2. The molecule has 2 aromatic rings. The fourth-order valence-electron chi connectivity index (χ4n) is 1.96. The first-order chi connectivity index (χ1) is 11.9. The number of hydrogen-bond donors (Lipinski definition) is 2. The molecular formula is C16H14FN3O5. The van der Waals surface area contributed by atoms with Crippen LogP contribution in [0, 0.1) is 15.9 Å². The molecule has 130 valence electrons. The minimum absolute atomic E-state index is 0.0410. The van der Waals surface area contributed by atoms with Crippen LogP contribution in [0.1, 0.15) is 6.92 Å². The molecule has 0 aliphatic rings. The Morgan fingerprint density at radius 1 is 1.20 bits per heavy atom. The fourth-order valence-corrected chi connectivity index (χ4v) is 1.96. The van der Waals surface area contributed by atoms with Gasteiger partial charge in [-0.2, -0.15) is 0 Å². The third kappa shape index (κ3) is 4.99. The lowest BCUT2D eigenvalue weighted by molar-refractivity contribution is -0.385. The van der Waals surface area contributed by atoms with E-state index in [0.29, 0.717) is 0 Å². The number of carbonyl (C=O) groups excluding carboxylic acids is 2. The second-order valence-electron chi connectivity index (χ2n) is 4.94. The van der Waals surface area contributed by atoms with Crippen molar-refractivity contribution >= 4 is 28.9 Å². The van der Waals surface area contributed by atoms with Crippen molar-refractivity contribution in [3.63, 3.8) is 0 Å². The minimum Gasteiger partial charge on any atom is -0.477 e. The number of halogens is 1. The van der Waals surface area contributed by atoms with Gasteiger partial charge >= 0.3 is 5.69 Å². The van der Waals surface area contributed by atoms with Crippen LogP contribution < -0.4 is 15.4 Å². The van der Waals surface area contributed by atoms with Crippen molar-refractivity contribution in [2.75, 3.05) is 17.2 Å². The summed E-state index contributed by atoms with van der Waals surface area (Å²) in [6, 6.07) is 9.30. The molecule has 0 saturated carbocycles. The summed E-state index contributed by atoms with van der Waals surface area (Å²) in [6.07, 6.45) is 0. The number of anilines is 2. The minimum atomic E-state index is -0.649. The van der Waals surface area contributed by atoms with E-state index in [9.17, 15) is 24.1 Å². The van der Waals surface area contributed by atoms with Crippen molar-refractivity contribution in [3.05, 3.63) is 58.4 Å². The Morgan fingerprint density at radius 2 is 1.92 bits per heavy atom. The molecular weight excluding hydrogens is 333 g/mol. The molecule has 0 atom stereocenters. The van der Waals surface area contributed by atoms with Crippen molar-refractivity contribution in [2.24, 2.45) is 0 Å². The Labute approximate surface area is 141 Å². The second-order valence-corrected chi connectivity index (χ2v) is 4.94. The zero-order valence-electron chi connectivity index (χ0n) is 13.1. The van der Waals surface area contributed by atoms with E-state index in [2.05, 4.69) is 10.6 Å². The van der Waals surface area contributed by atoms with Gasteiger partial charge in [0.1, 0.15) is 5.82 Å². The maximum Gasteiger partial charge on any atom is 0.310 e. The number of rotatable bonds is 6. The summed E-state index contributed by atoms with van der Waals surface area (Å²) in [6.45, 7) is 0.753. The number of nitro groups is 1. The third-order valence-corrected chi connectivity index (χ3v) is 2.98. The molecule has 0 saturated heterocycles. The number of benzene rings is 2. The Morgan fingerprint density at radius 3 is 2.60 bits per heavy atom. The average Bonchev–Trinajstić information content (AvgIpc) is 2.55. The number of nitro benzene ring substituents is 1. The summed E-state index contributed by atoms with van der Waals surface area (Å²) in [7, 11) is 0. The maximum atomic E-state index is 13.5. The standard InChI is InChI=1S/C16H14FN3O5/c1-10(21)18-13-8-11(6-7-12(13)17)19-16(22)9-25-15-5-3-2-4-14(15)20(23)24/h2-8H,9H2,1H3,(H,18,21)(H,19,22). The lowest BCUT2D eigenvalue weighted by Gasteiger charge is -2.10. The molecule has 2 amide bonds. The van der Waals surface area contributed by atoms with Gasteiger partial charge in [0.2, 0.25) is 5.91 Å². The molecule has 0 fully saturated rings. The van der Waals surface area contributed by atoms with E-state index in [4.69, 9.17) is 4.74 Å². The van der Waals surface area contributed by atoms with Gasteiger partial charge in [0.15, 0.2) is 12.4 Å². The number of ether oxygens (including phenoxy) is 1. The van der Waals surface area contributed by atoms with E-state index < -0.39 is 29.2 Å². The second kappa shape index (κ2) is 7.86. The molecule has 0 unspecified atom stereocenters. The maximum absolute atomic E-state index is 13.5. The zero-order valence-corrected chi connectivity index (χ0v) is 13.1. The van der Waals surface area contributed by atoms with Crippen molar-refractivity contribution in [2.45, 2.75) is 6.92 Å². The predicted octanol–water partition coefficient (Wildman–Crippen LogP) is 2.71. The smallest absolute Gasteiger partial charge is 0.310 e.